The number of para-hydroxylation sites is 2. The van der Waals surface area contributed by atoms with Gasteiger partial charge in [0.1, 0.15) is 23.7 Å². The molecule has 0 spiro atoms. The van der Waals surface area contributed by atoms with Gasteiger partial charge >= 0.3 is 0 Å². The number of hydrogen-bond donors (Lipinski definition) is 0. The summed E-state index contributed by atoms with van der Waals surface area (Å²) < 4.78 is 11.9. The topological polar surface area (TPSA) is 22.4 Å². The minimum Gasteiger partial charge on any atom is -0.489 e. The number of ether oxygens (including phenoxy) is 1. The molecule has 0 bridgehead atoms. The van der Waals surface area contributed by atoms with Crippen LogP contribution < -0.4 is 4.74 Å². The van der Waals surface area contributed by atoms with Gasteiger partial charge < -0.3 is 9.15 Å². The Kier molecular flexibility index (Phi) is 3.57. The van der Waals surface area contributed by atoms with Crippen LogP contribution >= 0.6 is 0 Å². The smallest absolute Gasteiger partial charge is 0.135 e. The maximum atomic E-state index is 5.99. The van der Waals surface area contributed by atoms with Crippen LogP contribution in [0.25, 0.3) is 22.3 Å². The largest absolute Gasteiger partial charge is 0.489 e. The summed E-state index contributed by atoms with van der Waals surface area (Å²) in [6, 6.07) is 28.2. The third-order valence-electron chi connectivity index (χ3n) is 3.85. The quantitative estimate of drug-likeness (QED) is 0.484. The van der Waals surface area contributed by atoms with E-state index in [1.54, 1.807) is 0 Å². The van der Waals surface area contributed by atoms with Crippen LogP contribution in [0.5, 0.6) is 5.75 Å². The van der Waals surface area contributed by atoms with Gasteiger partial charge in [0, 0.05) is 16.5 Å². The van der Waals surface area contributed by atoms with Crippen molar-refractivity contribution in [3.8, 4) is 17.1 Å². The third kappa shape index (κ3) is 2.84. The molecule has 0 amide bonds. The standard InChI is InChI=1S/C21H16O2/c1-2-10-18(11-3-1)22-15-17-9-4-6-12-19(17)21-14-16-8-5-7-13-20(16)23-21/h1-14H,15H2. The van der Waals surface area contributed by atoms with Crippen LogP contribution in [0.4, 0.5) is 0 Å². The van der Waals surface area contributed by atoms with E-state index in [0.29, 0.717) is 6.61 Å². The Morgan fingerprint density at radius 2 is 1.48 bits per heavy atom. The van der Waals surface area contributed by atoms with Crippen LogP contribution in [0.15, 0.2) is 89.3 Å². The van der Waals surface area contributed by atoms with Crippen LogP contribution in [0.2, 0.25) is 0 Å². The summed E-state index contributed by atoms with van der Waals surface area (Å²) >= 11 is 0. The van der Waals surface area contributed by atoms with E-state index in [1.807, 2.05) is 60.7 Å². The summed E-state index contributed by atoms with van der Waals surface area (Å²) in [4.78, 5) is 0. The lowest BCUT2D eigenvalue weighted by Crippen LogP contribution is -1.97. The Morgan fingerprint density at radius 1 is 0.739 bits per heavy atom. The van der Waals surface area contributed by atoms with Crippen LogP contribution in [0, 0.1) is 0 Å². The number of furan rings is 1. The maximum absolute atomic E-state index is 5.99. The van der Waals surface area contributed by atoms with Gasteiger partial charge in [-0.25, -0.2) is 0 Å². The van der Waals surface area contributed by atoms with Gasteiger partial charge in [0.05, 0.1) is 0 Å². The van der Waals surface area contributed by atoms with Crippen molar-refractivity contribution in [1.82, 2.24) is 0 Å². The van der Waals surface area contributed by atoms with Crippen LogP contribution in [-0.4, -0.2) is 0 Å². The molecular formula is C21H16O2. The molecule has 2 nitrogen and oxygen atoms in total. The maximum Gasteiger partial charge on any atom is 0.135 e. The summed E-state index contributed by atoms with van der Waals surface area (Å²) in [6.45, 7) is 0.511. The van der Waals surface area contributed by atoms with Gasteiger partial charge in [-0.2, -0.15) is 0 Å². The fourth-order valence-electron chi connectivity index (χ4n) is 2.68. The molecule has 4 aromatic rings. The van der Waals surface area contributed by atoms with E-state index in [9.17, 15) is 0 Å². The molecule has 2 heteroatoms. The van der Waals surface area contributed by atoms with Crippen molar-refractivity contribution < 1.29 is 9.15 Å². The molecular weight excluding hydrogens is 284 g/mol. The number of fused-ring (bicyclic) bond motifs is 1. The van der Waals surface area contributed by atoms with E-state index < -0.39 is 0 Å². The molecule has 0 fully saturated rings. The first kappa shape index (κ1) is 13.6. The average Bonchev–Trinajstić information content (AvgIpc) is 3.05. The van der Waals surface area contributed by atoms with E-state index in [4.69, 9.17) is 9.15 Å². The molecule has 0 saturated heterocycles. The molecule has 1 aromatic heterocycles. The lowest BCUT2D eigenvalue weighted by Gasteiger charge is -2.09. The summed E-state index contributed by atoms with van der Waals surface area (Å²) in [5.41, 5.74) is 3.08. The normalized spacial score (nSPS) is 10.8. The second-order valence-electron chi connectivity index (χ2n) is 5.41. The first-order valence-corrected chi connectivity index (χ1v) is 7.65. The molecule has 0 aliphatic heterocycles. The molecule has 112 valence electrons. The zero-order valence-electron chi connectivity index (χ0n) is 12.6. The zero-order valence-corrected chi connectivity index (χ0v) is 12.6. The second kappa shape index (κ2) is 6.01. The lowest BCUT2D eigenvalue weighted by atomic mass is 10.1. The molecule has 0 saturated carbocycles. The van der Waals surface area contributed by atoms with E-state index in [0.717, 1.165) is 33.6 Å². The summed E-state index contributed by atoms with van der Waals surface area (Å²) in [5.74, 6) is 1.74. The summed E-state index contributed by atoms with van der Waals surface area (Å²) in [5, 5.41) is 1.11. The Balaban J connectivity index is 1.66. The SMILES string of the molecule is c1ccc(OCc2ccccc2-c2cc3ccccc3o2)cc1. The number of rotatable bonds is 4. The van der Waals surface area contributed by atoms with E-state index in [1.165, 1.54) is 0 Å². The fraction of sp³-hybridized carbons (Fsp3) is 0.0476. The van der Waals surface area contributed by atoms with Crippen LogP contribution in [0.1, 0.15) is 5.56 Å². The first-order valence-electron chi connectivity index (χ1n) is 7.65. The second-order valence-corrected chi connectivity index (χ2v) is 5.41. The zero-order chi connectivity index (χ0) is 15.5. The van der Waals surface area contributed by atoms with Gasteiger partial charge in [-0.15, -0.1) is 0 Å². The number of benzene rings is 3. The van der Waals surface area contributed by atoms with Crippen molar-refractivity contribution in [1.29, 1.82) is 0 Å². The van der Waals surface area contributed by atoms with Gasteiger partial charge in [-0.1, -0.05) is 60.7 Å². The molecule has 0 radical (unpaired) electrons. The average molecular weight is 300 g/mol. The van der Waals surface area contributed by atoms with E-state index in [2.05, 4.69) is 24.3 Å². The Morgan fingerprint density at radius 3 is 2.35 bits per heavy atom. The molecule has 0 aliphatic rings. The van der Waals surface area contributed by atoms with Crippen molar-refractivity contribution in [3.63, 3.8) is 0 Å². The molecule has 4 rings (SSSR count). The van der Waals surface area contributed by atoms with Crippen molar-refractivity contribution >= 4 is 11.0 Å². The van der Waals surface area contributed by atoms with Gasteiger partial charge in [0.15, 0.2) is 0 Å². The Hall–Kier alpha value is -3.00. The lowest BCUT2D eigenvalue weighted by molar-refractivity contribution is 0.306. The Bertz CT molecular complexity index is 890. The highest BCUT2D eigenvalue weighted by molar-refractivity contribution is 5.83. The summed E-state index contributed by atoms with van der Waals surface area (Å²) in [6.07, 6.45) is 0. The molecule has 0 unspecified atom stereocenters. The minimum atomic E-state index is 0.511. The van der Waals surface area contributed by atoms with Gasteiger partial charge in [0.25, 0.3) is 0 Å². The monoisotopic (exact) mass is 300 g/mol. The molecule has 1 heterocycles. The van der Waals surface area contributed by atoms with Crippen LogP contribution in [0.3, 0.4) is 0 Å². The highest BCUT2D eigenvalue weighted by Crippen LogP contribution is 2.30. The van der Waals surface area contributed by atoms with Gasteiger partial charge in [-0.05, 0) is 24.3 Å². The highest BCUT2D eigenvalue weighted by atomic mass is 16.5. The van der Waals surface area contributed by atoms with Crippen molar-refractivity contribution in [3.05, 3.63) is 90.5 Å². The Labute approximate surface area is 135 Å². The first-order chi connectivity index (χ1) is 11.4. The number of hydrogen-bond acceptors (Lipinski definition) is 2. The van der Waals surface area contributed by atoms with Crippen molar-refractivity contribution in [2.75, 3.05) is 0 Å². The van der Waals surface area contributed by atoms with Gasteiger partial charge in [0.2, 0.25) is 0 Å². The fourth-order valence-corrected chi connectivity index (χ4v) is 2.68. The van der Waals surface area contributed by atoms with E-state index in [-0.39, 0.29) is 0 Å². The third-order valence-corrected chi connectivity index (χ3v) is 3.85. The molecule has 0 N–H and O–H groups in total. The summed E-state index contributed by atoms with van der Waals surface area (Å²) in [7, 11) is 0. The molecule has 3 aromatic carbocycles. The van der Waals surface area contributed by atoms with Crippen LogP contribution in [-0.2, 0) is 6.61 Å². The minimum absolute atomic E-state index is 0.511. The predicted octanol–water partition coefficient (Wildman–Crippen LogP) is 5.68. The van der Waals surface area contributed by atoms with Crippen molar-refractivity contribution in [2.24, 2.45) is 0 Å². The van der Waals surface area contributed by atoms with E-state index >= 15 is 0 Å². The molecule has 23 heavy (non-hydrogen) atoms. The molecule has 0 atom stereocenters. The van der Waals surface area contributed by atoms with Crippen molar-refractivity contribution in [2.45, 2.75) is 6.61 Å². The molecule has 0 aliphatic carbocycles. The van der Waals surface area contributed by atoms with Gasteiger partial charge in [-0.3, -0.25) is 0 Å². The highest BCUT2D eigenvalue weighted by Gasteiger charge is 2.10. The predicted molar refractivity (Wildman–Crippen MR) is 92.4 cm³/mol.